The molecule has 3 rings (SSSR count). The van der Waals surface area contributed by atoms with E-state index in [1.807, 2.05) is 66.7 Å². The molecule has 0 fully saturated rings. The van der Waals surface area contributed by atoms with E-state index in [1.54, 1.807) is 0 Å². The highest BCUT2D eigenvalue weighted by molar-refractivity contribution is 6.32. The number of anilines is 1. The normalized spacial score (nSPS) is 10.6. The minimum absolute atomic E-state index is 0.407. The molecule has 3 aromatic carbocycles. The maximum absolute atomic E-state index is 6.27. The van der Waals surface area contributed by atoms with Crippen LogP contribution in [-0.4, -0.2) is 0 Å². The number of benzene rings is 3. The van der Waals surface area contributed by atoms with Gasteiger partial charge in [-0.3, -0.25) is 0 Å². The lowest BCUT2D eigenvalue weighted by molar-refractivity contribution is 0.306. The van der Waals surface area contributed by atoms with Crippen LogP contribution >= 0.6 is 11.6 Å². The van der Waals surface area contributed by atoms with E-state index in [9.17, 15) is 0 Å². The first-order valence-corrected chi connectivity index (χ1v) is 8.10. The van der Waals surface area contributed by atoms with Crippen molar-refractivity contribution in [2.75, 3.05) is 5.73 Å². The van der Waals surface area contributed by atoms with Gasteiger partial charge in [-0.2, -0.15) is 0 Å². The van der Waals surface area contributed by atoms with E-state index in [1.165, 1.54) is 0 Å². The van der Waals surface area contributed by atoms with Gasteiger partial charge in [-0.25, -0.2) is 0 Å². The molecule has 4 heteroatoms. The van der Waals surface area contributed by atoms with Gasteiger partial charge in [-0.1, -0.05) is 54.1 Å². The lowest BCUT2D eigenvalue weighted by atomic mass is 10.0. The Balaban J connectivity index is 1.86. The molecule has 0 aliphatic heterocycles. The third kappa shape index (κ3) is 3.70. The van der Waals surface area contributed by atoms with Gasteiger partial charge in [0.1, 0.15) is 12.4 Å². The van der Waals surface area contributed by atoms with E-state index in [2.05, 4.69) is 0 Å². The molecule has 4 N–H and O–H groups in total. The quantitative estimate of drug-likeness (QED) is 0.667. The van der Waals surface area contributed by atoms with Crippen molar-refractivity contribution >= 4 is 17.3 Å². The highest BCUT2D eigenvalue weighted by Gasteiger charge is 2.07. The van der Waals surface area contributed by atoms with Crippen LogP contribution in [0.3, 0.4) is 0 Å². The summed E-state index contributed by atoms with van der Waals surface area (Å²) in [5, 5.41) is 0.587. The largest absolute Gasteiger partial charge is 0.487 e. The predicted molar refractivity (Wildman–Crippen MR) is 100.0 cm³/mol. The number of ether oxygens (including phenoxy) is 1. The van der Waals surface area contributed by atoms with Gasteiger partial charge in [0.25, 0.3) is 0 Å². The van der Waals surface area contributed by atoms with Crippen LogP contribution in [0, 0.1) is 0 Å². The first kappa shape index (κ1) is 16.4. The summed E-state index contributed by atoms with van der Waals surface area (Å²) in [6.45, 7) is 0.879. The van der Waals surface area contributed by atoms with Gasteiger partial charge in [0.05, 0.1) is 5.02 Å². The average molecular weight is 339 g/mol. The van der Waals surface area contributed by atoms with Crippen molar-refractivity contribution in [2.45, 2.75) is 13.2 Å². The lowest BCUT2D eigenvalue weighted by Gasteiger charge is -2.12. The molecule has 0 atom stereocenters. The standard InChI is InChI=1S/C20H19ClN2O/c21-18-8-6-16(15-7-9-19(23)17(10-15)12-22)11-20(18)24-13-14-4-2-1-3-5-14/h1-11H,12-13,22-23H2. The van der Waals surface area contributed by atoms with Gasteiger partial charge in [0.15, 0.2) is 0 Å². The molecular weight excluding hydrogens is 320 g/mol. The molecule has 0 saturated carbocycles. The Labute approximate surface area is 146 Å². The number of hydrogen-bond acceptors (Lipinski definition) is 3. The zero-order chi connectivity index (χ0) is 16.9. The Bertz CT molecular complexity index is 834. The molecule has 3 aromatic rings. The summed E-state index contributed by atoms with van der Waals surface area (Å²) in [5.41, 5.74) is 16.4. The van der Waals surface area contributed by atoms with Crippen molar-refractivity contribution in [3.63, 3.8) is 0 Å². The van der Waals surface area contributed by atoms with Gasteiger partial charge in [-0.15, -0.1) is 0 Å². The lowest BCUT2D eigenvalue weighted by Crippen LogP contribution is -2.01. The zero-order valence-corrected chi connectivity index (χ0v) is 14.0. The monoisotopic (exact) mass is 338 g/mol. The molecule has 0 saturated heterocycles. The SMILES string of the molecule is NCc1cc(-c2ccc(Cl)c(OCc3ccccc3)c2)ccc1N. The summed E-state index contributed by atoms with van der Waals surface area (Å²) >= 11 is 6.27. The van der Waals surface area contributed by atoms with Crippen LogP contribution in [0.4, 0.5) is 5.69 Å². The highest BCUT2D eigenvalue weighted by Crippen LogP contribution is 2.32. The number of nitrogens with two attached hydrogens (primary N) is 2. The van der Waals surface area contributed by atoms with E-state index >= 15 is 0 Å². The zero-order valence-electron chi connectivity index (χ0n) is 13.2. The minimum atomic E-state index is 0.407. The van der Waals surface area contributed by atoms with Crippen LogP contribution in [0.25, 0.3) is 11.1 Å². The molecule has 0 aliphatic rings. The molecule has 0 bridgehead atoms. The maximum atomic E-state index is 6.27. The van der Waals surface area contributed by atoms with E-state index in [4.69, 9.17) is 27.8 Å². The van der Waals surface area contributed by atoms with Crippen molar-refractivity contribution in [3.8, 4) is 16.9 Å². The predicted octanol–water partition coefficient (Wildman–Crippen LogP) is 4.63. The van der Waals surface area contributed by atoms with Crippen molar-refractivity contribution in [1.82, 2.24) is 0 Å². The Morgan fingerprint density at radius 1 is 0.875 bits per heavy atom. The molecule has 0 aliphatic carbocycles. The second-order valence-corrected chi connectivity index (χ2v) is 5.94. The summed E-state index contributed by atoms with van der Waals surface area (Å²) in [4.78, 5) is 0. The van der Waals surface area contributed by atoms with Crippen molar-refractivity contribution < 1.29 is 4.74 Å². The molecule has 0 heterocycles. The number of nitrogen functional groups attached to an aromatic ring is 1. The molecule has 0 radical (unpaired) electrons. The van der Waals surface area contributed by atoms with Gasteiger partial charge < -0.3 is 16.2 Å². The first-order valence-electron chi connectivity index (χ1n) is 7.72. The summed E-state index contributed by atoms with van der Waals surface area (Å²) in [6, 6.07) is 21.6. The highest BCUT2D eigenvalue weighted by atomic mass is 35.5. The molecule has 24 heavy (non-hydrogen) atoms. The molecule has 0 spiro atoms. The molecule has 0 unspecified atom stereocenters. The Kier molecular flexibility index (Phi) is 5.04. The number of halogens is 1. The fraction of sp³-hybridized carbons (Fsp3) is 0.100. The van der Waals surface area contributed by atoms with Crippen molar-refractivity contribution in [3.05, 3.63) is 82.9 Å². The van der Waals surface area contributed by atoms with Crippen LogP contribution in [-0.2, 0) is 13.2 Å². The van der Waals surface area contributed by atoms with Crippen LogP contribution in [0.5, 0.6) is 5.75 Å². The number of hydrogen-bond donors (Lipinski definition) is 2. The minimum Gasteiger partial charge on any atom is -0.487 e. The van der Waals surface area contributed by atoms with Crippen molar-refractivity contribution in [1.29, 1.82) is 0 Å². The van der Waals surface area contributed by atoms with Crippen LogP contribution in [0.15, 0.2) is 66.7 Å². The third-order valence-corrected chi connectivity index (χ3v) is 4.18. The summed E-state index contributed by atoms with van der Waals surface area (Å²) in [6.07, 6.45) is 0. The summed E-state index contributed by atoms with van der Waals surface area (Å²) < 4.78 is 5.88. The van der Waals surface area contributed by atoms with E-state index < -0.39 is 0 Å². The molecule has 0 aromatic heterocycles. The van der Waals surface area contributed by atoms with E-state index in [-0.39, 0.29) is 0 Å². The van der Waals surface area contributed by atoms with Crippen LogP contribution in [0.1, 0.15) is 11.1 Å². The Morgan fingerprint density at radius 2 is 1.58 bits per heavy atom. The van der Waals surface area contributed by atoms with Crippen LogP contribution in [0.2, 0.25) is 5.02 Å². The second-order valence-electron chi connectivity index (χ2n) is 5.54. The first-order chi connectivity index (χ1) is 11.7. The average Bonchev–Trinajstić information content (AvgIpc) is 2.62. The van der Waals surface area contributed by atoms with Crippen LogP contribution < -0.4 is 16.2 Å². The maximum Gasteiger partial charge on any atom is 0.139 e. The summed E-state index contributed by atoms with van der Waals surface area (Å²) in [7, 11) is 0. The molecule has 122 valence electrons. The van der Waals surface area contributed by atoms with Gasteiger partial charge in [-0.05, 0) is 46.5 Å². The number of rotatable bonds is 5. The Morgan fingerprint density at radius 3 is 2.33 bits per heavy atom. The van der Waals surface area contributed by atoms with E-state index in [0.717, 1.165) is 22.3 Å². The third-order valence-electron chi connectivity index (χ3n) is 3.86. The molecule has 3 nitrogen and oxygen atoms in total. The second kappa shape index (κ2) is 7.39. The van der Waals surface area contributed by atoms with Gasteiger partial charge >= 0.3 is 0 Å². The fourth-order valence-corrected chi connectivity index (χ4v) is 2.66. The fourth-order valence-electron chi connectivity index (χ4n) is 2.49. The van der Waals surface area contributed by atoms with Gasteiger partial charge in [0, 0.05) is 12.2 Å². The summed E-state index contributed by atoms with van der Waals surface area (Å²) in [5.74, 6) is 0.657. The Hall–Kier alpha value is -2.49. The molecular formula is C20H19ClN2O. The van der Waals surface area contributed by atoms with Crippen molar-refractivity contribution in [2.24, 2.45) is 5.73 Å². The van der Waals surface area contributed by atoms with E-state index in [0.29, 0.717) is 29.6 Å². The topological polar surface area (TPSA) is 61.3 Å². The smallest absolute Gasteiger partial charge is 0.139 e. The van der Waals surface area contributed by atoms with Gasteiger partial charge in [0.2, 0.25) is 0 Å². The molecule has 0 amide bonds.